The third-order valence-electron chi connectivity index (χ3n) is 3.95. The Morgan fingerprint density at radius 2 is 2.15 bits per heavy atom. The number of methoxy groups -OCH3 is 1. The van der Waals surface area contributed by atoms with Crippen LogP contribution in [0, 0.1) is 0 Å². The van der Waals surface area contributed by atoms with Gasteiger partial charge in [0, 0.05) is 12.6 Å². The Morgan fingerprint density at radius 3 is 2.80 bits per heavy atom. The number of nitrogens with zero attached hydrogens (tertiary/aromatic N) is 1. The van der Waals surface area contributed by atoms with Crippen molar-refractivity contribution in [1.29, 1.82) is 0 Å². The summed E-state index contributed by atoms with van der Waals surface area (Å²) in [5.74, 6) is 1.05. The van der Waals surface area contributed by atoms with E-state index in [-0.39, 0.29) is 5.91 Å². The molecule has 110 valence electrons. The third-order valence-corrected chi connectivity index (χ3v) is 3.95. The van der Waals surface area contributed by atoms with E-state index in [4.69, 9.17) is 10.5 Å². The minimum absolute atomic E-state index is 0.231. The van der Waals surface area contributed by atoms with Crippen molar-refractivity contribution >= 4 is 5.91 Å². The van der Waals surface area contributed by atoms with Crippen LogP contribution in [0.2, 0.25) is 0 Å². The maximum absolute atomic E-state index is 12.4. The highest BCUT2D eigenvalue weighted by atomic mass is 16.5. The fourth-order valence-electron chi connectivity index (χ4n) is 2.84. The number of likely N-dealkylation sites (tertiary alicyclic amines) is 1. The van der Waals surface area contributed by atoms with E-state index >= 15 is 0 Å². The number of carbonyl (C=O) groups is 1. The highest BCUT2D eigenvalue weighted by Crippen LogP contribution is 2.22. The Morgan fingerprint density at radius 1 is 1.40 bits per heavy atom. The molecule has 1 aliphatic rings. The molecule has 2 N–H and O–H groups in total. The Balaban J connectivity index is 1.92. The summed E-state index contributed by atoms with van der Waals surface area (Å²) in [6, 6.07) is 8.12. The largest absolute Gasteiger partial charge is 0.497 e. The quantitative estimate of drug-likeness (QED) is 0.864. The summed E-state index contributed by atoms with van der Waals surface area (Å²) in [5, 5.41) is 0. The zero-order valence-electron chi connectivity index (χ0n) is 12.2. The van der Waals surface area contributed by atoms with Gasteiger partial charge in [-0.2, -0.15) is 0 Å². The molecule has 4 nitrogen and oxygen atoms in total. The first-order valence-electron chi connectivity index (χ1n) is 7.37. The maximum Gasteiger partial charge on any atom is 0.227 e. The molecule has 1 aromatic carbocycles. The van der Waals surface area contributed by atoms with Crippen molar-refractivity contribution in [3.63, 3.8) is 0 Å². The Kier molecular flexibility index (Phi) is 5.41. The second kappa shape index (κ2) is 7.29. The molecular formula is C16H24N2O2. The van der Waals surface area contributed by atoms with Crippen LogP contribution in [0.3, 0.4) is 0 Å². The molecule has 1 heterocycles. The van der Waals surface area contributed by atoms with Gasteiger partial charge in [0.25, 0.3) is 0 Å². The van der Waals surface area contributed by atoms with Crippen LogP contribution >= 0.6 is 0 Å². The van der Waals surface area contributed by atoms with Crippen LogP contribution in [0.25, 0.3) is 0 Å². The van der Waals surface area contributed by atoms with Crippen molar-refractivity contribution in [1.82, 2.24) is 4.90 Å². The van der Waals surface area contributed by atoms with Crippen LogP contribution in [0.4, 0.5) is 0 Å². The molecule has 1 saturated heterocycles. The van der Waals surface area contributed by atoms with Crippen LogP contribution in [0.1, 0.15) is 31.2 Å². The molecule has 4 heteroatoms. The number of benzene rings is 1. The smallest absolute Gasteiger partial charge is 0.227 e. The van der Waals surface area contributed by atoms with E-state index in [1.54, 1.807) is 7.11 Å². The lowest BCUT2D eigenvalue weighted by Crippen LogP contribution is -2.36. The number of amides is 1. The predicted molar refractivity (Wildman–Crippen MR) is 79.7 cm³/mol. The van der Waals surface area contributed by atoms with Gasteiger partial charge in [0.15, 0.2) is 0 Å². The van der Waals surface area contributed by atoms with Crippen LogP contribution in [0.15, 0.2) is 24.3 Å². The number of carbonyl (C=O) groups excluding carboxylic acids is 1. The van der Waals surface area contributed by atoms with Gasteiger partial charge in [0.1, 0.15) is 5.75 Å². The summed E-state index contributed by atoms with van der Waals surface area (Å²) >= 11 is 0. The summed E-state index contributed by atoms with van der Waals surface area (Å²) in [5.41, 5.74) is 6.61. The van der Waals surface area contributed by atoms with Crippen LogP contribution in [0.5, 0.6) is 5.75 Å². The van der Waals surface area contributed by atoms with E-state index < -0.39 is 0 Å². The zero-order chi connectivity index (χ0) is 14.4. The Labute approximate surface area is 120 Å². The van der Waals surface area contributed by atoms with Gasteiger partial charge in [-0.05, 0) is 49.9 Å². The SMILES string of the molecule is COc1ccc(CC(=O)N2CCCC2CCCN)cc1. The molecule has 20 heavy (non-hydrogen) atoms. The number of hydrogen-bond donors (Lipinski definition) is 1. The average Bonchev–Trinajstić information content (AvgIpc) is 2.94. The van der Waals surface area contributed by atoms with Crippen molar-refractivity contribution < 1.29 is 9.53 Å². The van der Waals surface area contributed by atoms with Gasteiger partial charge in [-0.25, -0.2) is 0 Å². The monoisotopic (exact) mass is 276 g/mol. The summed E-state index contributed by atoms with van der Waals surface area (Å²) in [7, 11) is 1.65. The summed E-state index contributed by atoms with van der Waals surface area (Å²) in [4.78, 5) is 14.4. The molecule has 2 rings (SSSR count). The summed E-state index contributed by atoms with van der Waals surface area (Å²) in [6.07, 6.45) is 4.74. The fraction of sp³-hybridized carbons (Fsp3) is 0.562. The molecule has 1 amide bonds. The van der Waals surface area contributed by atoms with Gasteiger partial charge in [-0.15, -0.1) is 0 Å². The molecular weight excluding hydrogens is 252 g/mol. The van der Waals surface area contributed by atoms with Gasteiger partial charge in [-0.1, -0.05) is 12.1 Å². The molecule has 1 atom stereocenters. The summed E-state index contributed by atoms with van der Waals surface area (Å²) < 4.78 is 5.13. The van der Waals surface area contributed by atoms with E-state index in [1.807, 2.05) is 29.2 Å². The average molecular weight is 276 g/mol. The molecule has 1 aromatic rings. The first kappa shape index (κ1) is 14.9. The molecule has 1 unspecified atom stereocenters. The van der Waals surface area contributed by atoms with E-state index in [0.29, 0.717) is 19.0 Å². The highest BCUT2D eigenvalue weighted by molar-refractivity contribution is 5.79. The second-order valence-electron chi connectivity index (χ2n) is 5.34. The molecule has 0 aromatic heterocycles. The fourth-order valence-corrected chi connectivity index (χ4v) is 2.84. The first-order chi connectivity index (χ1) is 9.74. The van der Waals surface area contributed by atoms with E-state index in [0.717, 1.165) is 43.5 Å². The third kappa shape index (κ3) is 3.73. The lowest BCUT2D eigenvalue weighted by atomic mass is 10.1. The first-order valence-corrected chi connectivity index (χ1v) is 7.37. The number of hydrogen-bond acceptors (Lipinski definition) is 3. The van der Waals surface area contributed by atoms with Crippen molar-refractivity contribution in [2.24, 2.45) is 5.73 Å². The molecule has 0 bridgehead atoms. The molecule has 0 spiro atoms. The van der Waals surface area contributed by atoms with E-state index in [9.17, 15) is 4.79 Å². The highest BCUT2D eigenvalue weighted by Gasteiger charge is 2.27. The standard InChI is InChI=1S/C16H24N2O2/c1-20-15-8-6-13(7-9-15)12-16(19)18-11-3-5-14(18)4-2-10-17/h6-9,14H,2-5,10-12,17H2,1H3. The van der Waals surface area contributed by atoms with Gasteiger partial charge in [-0.3, -0.25) is 4.79 Å². The van der Waals surface area contributed by atoms with E-state index in [2.05, 4.69) is 0 Å². The number of nitrogens with two attached hydrogens (primary N) is 1. The molecule has 0 saturated carbocycles. The van der Waals surface area contributed by atoms with Gasteiger partial charge in [0.05, 0.1) is 13.5 Å². The number of ether oxygens (including phenoxy) is 1. The second-order valence-corrected chi connectivity index (χ2v) is 5.34. The van der Waals surface area contributed by atoms with Crippen LogP contribution in [-0.4, -0.2) is 37.0 Å². The maximum atomic E-state index is 12.4. The molecule has 1 fully saturated rings. The number of rotatable bonds is 6. The lowest BCUT2D eigenvalue weighted by Gasteiger charge is -2.24. The lowest BCUT2D eigenvalue weighted by molar-refractivity contribution is -0.131. The van der Waals surface area contributed by atoms with Gasteiger partial charge in [0.2, 0.25) is 5.91 Å². The van der Waals surface area contributed by atoms with Crippen molar-refractivity contribution in [2.75, 3.05) is 20.2 Å². The predicted octanol–water partition coefficient (Wildman–Crippen LogP) is 1.97. The van der Waals surface area contributed by atoms with Crippen molar-refractivity contribution in [2.45, 2.75) is 38.1 Å². The minimum Gasteiger partial charge on any atom is -0.497 e. The van der Waals surface area contributed by atoms with Crippen LogP contribution < -0.4 is 10.5 Å². The Bertz CT molecular complexity index is 431. The summed E-state index contributed by atoms with van der Waals surface area (Å²) in [6.45, 7) is 1.60. The van der Waals surface area contributed by atoms with Crippen LogP contribution in [-0.2, 0) is 11.2 Å². The van der Waals surface area contributed by atoms with Gasteiger partial charge < -0.3 is 15.4 Å². The van der Waals surface area contributed by atoms with Crippen molar-refractivity contribution in [3.05, 3.63) is 29.8 Å². The molecule has 0 radical (unpaired) electrons. The normalized spacial score (nSPS) is 18.3. The molecule has 1 aliphatic heterocycles. The topological polar surface area (TPSA) is 55.6 Å². The molecule has 0 aliphatic carbocycles. The van der Waals surface area contributed by atoms with Crippen molar-refractivity contribution in [3.8, 4) is 5.75 Å². The Hall–Kier alpha value is -1.55. The minimum atomic E-state index is 0.231. The zero-order valence-corrected chi connectivity index (χ0v) is 12.2. The van der Waals surface area contributed by atoms with E-state index in [1.165, 1.54) is 0 Å². The van der Waals surface area contributed by atoms with Gasteiger partial charge >= 0.3 is 0 Å².